The molecule has 0 amide bonds. The summed E-state index contributed by atoms with van der Waals surface area (Å²) in [5.74, 6) is -2.98. The highest BCUT2D eigenvalue weighted by atomic mass is 31.2. The number of carbonyl (C=O) groups is 1. The van der Waals surface area contributed by atoms with E-state index in [2.05, 4.69) is 13.8 Å². The maximum atomic E-state index is 14.0. The first-order valence-corrected chi connectivity index (χ1v) is 7.97. The van der Waals surface area contributed by atoms with Gasteiger partial charge in [0.15, 0.2) is 0 Å². The van der Waals surface area contributed by atoms with Crippen LogP contribution < -0.4 is 4.74 Å². The third kappa shape index (κ3) is 3.88. The van der Waals surface area contributed by atoms with Crippen LogP contribution in [0.4, 0.5) is 13.2 Å². The van der Waals surface area contributed by atoms with Crippen LogP contribution in [-0.4, -0.2) is 24.8 Å². The van der Waals surface area contributed by atoms with Crippen LogP contribution in [-0.2, 0) is 18.4 Å². The average Bonchev–Trinajstić information content (AvgIpc) is 2.43. The summed E-state index contributed by atoms with van der Waals surface area (Å²) in [6.45, 7) is 3.36. The van der Waals surface area contributed by atoms with Crippen molar-refractivity contribution in [1.29, 1.82) is 0 Å². The van der Waals surface area contributed by atoms with E-state index < -0.39 is 25.0 Å². The molecule has 1 aromatic carbocycles. The Labute approximate surface area is 125 Å². The van der Waals surface area contributed by atoms with Gasteiger partial charge in [-0.05, 0) is 44.5 Å². The predicted molar refractivity (Wildman–Crippen MR) is 72.6 cm³/mol. The van der Waals surface area contributed by atoms with Gasteiger partial charge in [0.1, 0.15) is 11.6 Å². The van der Waals surface area contributed by atoms with E-state index >= 15 is 0 Å². The fourth-order valence-electron chi connectivity index (χ4n) is 1.50. The van der Waals surface area contributed by atoms with Crippen molar-refractivity contribution in [3.8, 4) is 5.75 Å². The summed E-state index contributed by atoms with van der Waals surface area (Å²) in [6, 6.07) is 3.03. The second-order valence-electron chi connectivity index (χ2n) is 4.17. The fraction of sp³-hybridized carbons (Fsp3) is 0.462. The van der Waals surface area contributed by atoms with Crippen LogP contribution in [0.3, 0.4) is 0 Å². The molecule has 0 saturated carbocycles. The fourth-order valence-corrected chi connectivity index (χ4v) is 2.85. The van der Waals surface area contributed by atoms with Crippen LogP contribution in [0.5, 0.6) is 5.75 Å². The minimum atomic E-state index is -5.02. The minimum Gasteiger partial charge on any atom is -0.422 e. The molecule has 0 aromatic heterocycles. The molecule has 0 aliphatic carbocycles. The first-order valence-electron chi connectivity index (χ1n) is 6.43. The molecule has 22 heavy (non-hydrogen) atoms. The third-order valence-corrected chi connectivity index (χ3v) is 4.59. The molecule has 0 aliphatic heterocycles. The van der Waals surface area contributed by atoms with Crippen molar-refractivity contribution >= 4 is 13.6 Å². The van der Waals surface area contributed by atoms with Gasteiger partial charge in [0, 0.05) is 0 Å². The van der Waals surface area contributed by atoms with Gasteiger partial charge in [0.2, 0.25) is 0 Å². The number of hydrogen-bond donors (Lipinski definition) is 0. The number of carbonyl (C=O) groups excluding carboxylic acids is 1. The Kier molecular flexibility index (Phi) is 6.17. The molecular formula is C13H16F3O5P. The molecule has 9 heteroatoms. The van der Waals surface area contributed by atoms with E-state index in [1.807, 2.05) is 0 Å². The Bertz CT molecular complexity index is 581. The molecule has 0 aliphatic rings. The van der Waals surface area contributed by atoms with Gasteiger partial charge < -0.3 is 13.8 Å². The lowest BCUT2D eigenvalue weighted by Crippen LogP contribution is -2.34. The van der Waals surface area contributed by atoms with Crippen molar-refractivity contribution in [2.45, 2.75) is 26.4 Å². The monoisotopic (exact) mass is 340 g/mol. The van der Waals surface area contributed by atoms with Gasteiger partial charge in [-0.1, -0.05) is 0 Å². The van der Waals surface area contributed by atoms with Crippen molar-refractivity contribution < 1.29 is 36.3 Å². The van der Waals surface area contributed by atoms with Crippen molar-refractivity contribution in [3.05, 3.63) is 29.6 Å². The van der Waals surface area contributed by atoms with E-state index in [0.29, 0.717) is 0 Å². The highest BCUT2D eigenvalue weighted by molar-refractivity contribution is 7.56. The number of ether oxygens (including phenoxy) is 1. The maximum absolute atomic E-state index is 14.0. The number of benzene rings is 1. The van der Waals surface area contributed by atoms with Gasteiger partial charge in [0.25, 0.3) is 0 Å². The zero-order chi connectivity index (χ0) is 17.0. The first kappa shape index (κ1) is 18.7. The summed E-state index contributed by atoms with van der Waals surface area (Å²) < 4.78 is 66.6. The molecule has 0 radical (unpaired) electrons. The standard InChI is InChI=1S/C13H16F3O5P/c1-4-19-22(18,20-5-2)13(15,16)12(17)21-10-6-7-11(14)9(3)8-10/h6-8H,4-5H2,1-3H3. The molecule has 0 N–H and O–H groups in total. The van der Waals surface area contributed by atoms with E-state index in [9.17, 15) is 22.5 Å². The normalized spacial score (nSPS) is 12.3. The summed E-state index contributed by atoms with van der Waals surface area (Å²) in [5.41, 5.74) is -4.38. The van der Waals surface area contributed by atoms with E-state index in [-0.39, 0.29) is 24.5 Å². The molecule has 1 rings (SSSR count). The van der Waals surface area contributed by atoms with Crippen LogP contribution in [0.2, 0.25) is 0 Å². The number of hydrogen-bond acceptors (Lipinski definition) is 5. The summed E-state index contributed by atoms with van der Waals surface area (Å²) >= 11 is 0. The molecule has 0 saturated heterocycles. The van der Waals surface area contributed by atoms with E-state index in [1.165, 1.54) is 20.8 Å². The Morgan fingerprint density at radius 1 is 1.23 bits per heavy atom. The molecule has 0 spiro atoms. The summed E-state index contributed by atoms with van der Waals surface area (Å²) in [7, 11) is -5.02. The van der Waals surface area contributed by atoms with Gasteiger partial charge in [-0.2, -0.15) is 8.78 Å². The molecule has 0 fully saturated rings. The highest BCUT2D eigenvalue weighted by Crippen LogP contribution is 2.62. The van der Waals surface area contributed by atoms with Crippen LogP contribution >= 0.6 is 7.60 Å². The lowest BCUT2D eigenvalue weighted by atomic mass is 10.2. The smallest absolute Gasteiger partial charge is 0.422 e. The summed E-state index contributed by atoms with van der Waals surface area (Å²) in [4.78, 5) is 11.6. The van der Waals surface area contributed by atoms with Crippen LogP contribution in [0.15, 0.2) is 18.2 Å². The number of aryl methyl sites for hydroxylation is 1. The summed E-state index contributed by atoms with van der Waals surface area (Å²) in [6.07, 6.45) is 0. The lowest BCUT2D eigenvalue weighted by Gasteiger charge is -2.23. The number of halogens is 3. The largest absolute Gasteiger partial charge is 0.441 e. The van der Waals surface area contributed by atoms with Gasteiger partial charge in [-0.25, -0.2) is 9.18 Å². The quantitative estimate of drug-likeness (QED) is 0.428. The lowest BCUT2D eigenvalue weighted by molar-refractivity contribution is -0.153. The van der Waals surface area contributed by atoms with Gasteiger partial charge >= 0.3 is 19.2 Å². The number of rotatable bonds is 7. The molecule has 0 bridgehead atoms. The zero-order valence-electron chi connectivity index (χ0n) is 12.3. The first-order chi connectivity index (χ1) is 10.2. The highest BCUT2D eigenvalue weighted by Gasteiger charge is 2.61. The van der Waals surface area contributed by atoms with Crippen LogP contribution in [0.1, 0.15) is 19.4 Å². The second-order valence-corrected chi connectivity index (χ2v) is 6.25. The number of alkyl halides is 2. The topological polar surface area (TPSA) is 61.8 Å². The predicted octanol–water partition coefficient (Wildman–Crippen LogP) is 3.90. The van der Waals surface area contributed by atoms with E-state index in [1.54, 1.807) is 0 Å². The Balaban J connectivity index is 3.02. The van der Waals surface area contributed by atoms with Crippen LogP contribution in [0, 0.1) is 12.7 Å². The van der Waals surface area contributed by atoms with Crippen molar-refractivity contribution in [2.24, 2.45) is 0 Å². The third-order valence-electron chi connectivity index (χ3n) is 2.53. The Morgan fingerprint density at radius 2 is 1.77 bits per heavy atom. The van der Waals surface area contributed by atoms with Crippen LogP contribution in [0.25, 0.3) is 0 Å². The molecule has 124 valence electrons. The molecule has 0 unspecified atom stereocenters. The second kappa shape index (κ2) is 7.26. The maximum Gasteiger partial charge on any atom is 0.441 e. The molecule has 5 nitrogen and oxygen atoms in total. The van der Waals surface area contributed by atoms with Gasteiger partial charge in [-0.3, -0.25) is 4.57 Å². The minimum absolute atomic E-state index is 0.103. The van der Waals surface area contributed by atoms with Crippen molar-refractivity contribution in [1.82, 2.24) is 0 Å². The Morgan fingerprint density at radius 3 is 2.23 bits per heavy atom. The molecule has 0 heterocycles. The molecular weight excluding hydrogens is 324 g/mol. The zero-order valence-corrected chi connectivity index (χ0v) is 13.2. The van der Waals surface area contributed by atoms with E-state index in [4.69, 9.17) is 0 Å². The molecule has 1 aromatic rings. The van der Waals surface area contributed by atoms with Gasteiger partial charge in [-0.15, -0.1) is 0 Å². The van der Waals surface area contributed by atoms with Crippen molar-refractivity contribution in [2.75, 3.05) is 13.2 Å². The summed E-state index contributed by atoms with van der Waals surface area (Å²) in [5, 5.41) is 0. The van der Waals surface area contributed by atoms with Crippen molar-refractivity contribution in [3.63, 3.8) is 0 Å². The SMILES string of the molecule is CCOP(=O)(OCC)C(F)(F)C(=O)Oc1ccc(F)c(C)c1. The Hall–Kier alpha value is -1.37. The van der Waals surface area contributed by atoms with Gasteiger partial charge in [0.05, 0.1) is 13.2 Å². The number of esters is 1. The average molecular weight is 340 g/mol. The van der Waals surface area contributed by atoms with E-state index in [0.717, 1.165) is 18.2 Å². The molecule has 0 atom stereocenters.